The second-order valence-electron chi connectivity index (χ2n) is 5.46. The molecule has 0 bridgehead atoms. The van der Waals surface area contributed by atoms with Crippen molar-refractivity contribution in [2.45, 2.75) is 13.5 Å². The number of hydrogen-bond acceptors (Lipinski definition) is 6. The van der Waals surface area contributed by atoms with Crippen LogP contribution in [0, 0.1) is 0 Å². The molecule has 0 heterocycles. The third-order valence-electron chi connectivity index (χ3n) is 3.67. The van der Waals surface area contributed by atoms with Gasteiger partial charge in [-0.15, -0.1) is 0 Å². The van der Waals surface area contributed by atoms with Gasteiger partial charge < -0.3 is 19.3 Å². The molecule has 0 fully saturated rings. The SMILES string of the molecule is COc1cc(C=CC(=O)OCc2cc(C(C)=O)ccc2OC)ccc1O. The molecule has 0 atom stereocenters. The lowest BCUT2D eigenvalue weighted by Crippen LogP contribution is -2.04. The van der Waals surface area contributed by atoms with Gasteiger partial charge in [0.15, 0.2) is 17.3 Å². The van der Waals surface area contributed by atoms with Crippen molar-refractivity contribution in [1.82, 2.24) is 0 Å². The first-order valence-electron chi connectivity index (χ1n) is 7.84. The van der Waals surface area contributed by atoms with Crippen LogP contribution < -0.4 is 9.47 Å². The van der Waals surface area contributed by atoms with Crippen LogP contribution >= 0.6 is 0 Å². The van der Waals surface area contributed by atoms with E-state index in [0.717, 1.165) is 0 Å². The van der Waals surface area contributed by atoms with Crippen LogP contribution in [0.3, 0.4) is 0 Å². The lowest BCUT2D eigenvalue weighted by Gasteiger charge is -2.10. The largest absolute Gasteiger partial charge is 0.504 e. The molecule has 136 valence electrons. The smallest absolute Gasteiger partial charge is 0.331 e. The Kier molecular flexibility index (Phi) is 6.38. The summed E-state index contributed by atoms with van der Waals surface area (Å²) in [5, 5.41) is 9.56. The topological polar surface area (TPSA) is 82.1 Å². The van der Waals surface area contributed by atoms with Crippen molar-refractivity contribution < 1.29 is 28.9 Å². The van der Waals surface area contributed by atoms with E-state index in [-0.39, 0.29) is 18.1 Å². The Morgan fingerprint density at radius 1 is 1.04 bits per heavy atom. The monoisotopic (exact) mass is 356 g/mol. The van der Waals surface area contributed by atoms with Crippen LogP contribution in [0.1, 0.15) is 28.4 Å². The number of methoxy groups -OCH3 is 2. The molecule has 0 saturated carbocycles. The fourth-order valence-electron chi connectivity index (χ4n) is 2.27. The second kappa shape index (κ2) is 8.71. The molecule has 1 N–H and O–H groups in total. The van der Waals surface area contributed by atoms with E-state index >= 15 is 0 Å². The Balaban J connectivity index is 2.04. The minimum Gasteiger partial charge on any atom is -0.504 e. The molecule has 0 aliphatic heterocycles. The highest BCUT2D eigenvalue weighted by molar-refractivity contribution is 5.94. The number of Topliss-reactive ketones (excluding diaryl/α,β-unsaturated/α-hetero) is 1. The molecule has 2 aromatic rings. The summed E-state index contributed by atoms with van der Waals surface area (Å²) in [4.78, 5) is 23.4. The number of carbonyl (C=O) groups is 2. The van der Waals surface area contributed by atoms with E-state index in [1.54, 1.807) is 36.4 Å². The molecule has 0 aliphatic rings. The highest BCUT2D eigenvalue weighted by atomic mass is 16.5. The number of benzene rings is 2. The average molecular weight is 356 g/mol. The van der Waals surface area contributed by atoms with Gasteiger partial charge in [-0.1, -0.05) is 6.07 Å². The Morgan fingerprint density at radius 3 is 2.42 bits per heavy atom. The quantitative estimate of drug-likeness (QED) is 0.465. The summed E-state index contributed by atoms with van der Waals surface area (Å²) in [5.74, 6) is 0.236. The van der Waals surface area contributed by atoms with Crippen molar-refractivity contribution in [3.05, 3.63) is 59.2 Å². The standard InChI is InChI=1S/C20H20O6/c1-13(21)15-6-8-18(24-2)16(11-15)12-26-20(23)9-5-14-4-7-17(22)19(10-14)25-3/h4-11,22H,12H2,1-3H3. The van der Waals surface area contributed by atoms with E-state index in [1.165, 1.54) is 33.3 Å². The van der Waals surface area contributed by atoms with Crippen molar-refractivity contribution >= 4 is 17.8 Å². The zero-order chi connectivity index (χ0) is 19.1. The fourth-order valence-corrected chi connectivity index (χ4v) is 2.27. The number of esters is 1. The summed E-state index contributed by atoms with van der Waals surface area (Å²) < 4.78 is 15.4. The second-order valence-corrected chi connectivity index (χ2v) is 5.46. The van der Waals surface area contributed by atoms with Gasteiger partial charge >= 0.3 is 5.97 Å². The van der Waals surface area contributed by atoms with Crippen molar-refractivity contribution in [2.24, 2.45) is 0 Å². The van der Waals surface area contributed by atoms with E-state index in [2.05, 4.69) is 0 Å². The van der Waals surface area contributed by atoms with Gasteiger partial charge in [0.05, 0.1) is 14.2 Å². The third kappa shape index (κ3) is 4.86. The summed E-state index contributed by atoms with van der Waals surface area (Å²) in [5.41, 5.74) is 1.80. The van der Waals surface area contributed by atoms with Crippen molar-refractivity contribution in [3.63, 3.8) is 0 Å². The van der Waals surface area contributed by atoms with Crippen LogP contribution in [0.25, 0.3) is 6.08 Å². The van der Waals surface area contributed by atoms with E-state index in [9.17, 15) is 14.7 Å². The first-order chi connectivity index (χ1) is 12.4. The van der Waals surface area contributed by atoms with Gasteiger partial charge in [0.1, 0.15) is 12.4 Å². The first kappa shape index (κ1) is 19.1. The first-order valence-corrected chi connectivity index (χ1v) is 7.84. The van der Waals surface area contributed by atoms with Gasteiger partial charge in [0.25, 0.3) is 0 Å². The molecule has 0 aliphatic carbocycles. The molecule has 0 amide bonds. The number of phenolic OH excluding ortho intramolecular Hbond substituents is 1. The number of ether oxygens (including phenoxy) is 3. The molecule has 0 unspecified atom stereocenters. The van der Waals surface area contributed by atoms with Gasteiger partial charge in [0.2, 0.25) is 0 Å². The fraction of sp³-hybridized carbons (Fsp3) is 0.200. The lowest BCUT2D eigenvalue weighted by atomic mass is 10.1. The van der Waals surface area contributed by atoms with Crippen LogP contribution in [-0.4, -0.2) is 31.1 Å². The summed E-state index contributed by atoms with van der Waals surface area (Å²) in [6.07, 6.45) is 2.82. The predicted molar refractivity (Wildman–Crippen MR) is 96.5 cm³/mol. The van der Waals surface area contributed by atoms with Crippen molar-refractivity contribution in [3.8, 4) is 17.2 Å². The summed E-state index contributed by atoms with van der Waals surface area (Å²) in [6, 6.07) is 9.67. The number of aromatic hydroxyl groups is 1. The van der Waals surface area contributed by atoms with E-state index < -0.39 is 5.97 Å². The maximum absolute atomic E-state index is 11.9. The molecular formula is C20H20O6. The number of carbonyl (C=O) groups excluding carboxylic acids is 2. The van der Waals surface area contributed by atoms with Gasteiger partial charge in [-0.25, -0.2) is 4.79 Å². The zero-order valence-corrected chi connectivity index (χ0v) is 14.8. The molecule has 0 radical (unpaired) electrons. The maximum Gasteiger partial charge on any atom is 0.331 e. The number of phenols is 1. The normalized spacial score (nSPS) is 10.6. The minimum atomic E-state index is -0.549. The van der Waals surface area contributed by atoms with Crippen molar-refractivity contribution in [2.75, 3.05) is 14.2 Å². The molecule has 2 aromatic carbocycles. The third-order valence-corrected chi connectivity index (χ3v) is 3.67. The average Bonchev–Trinajstić information content (AvgIpc) is 2.65. The highest BCUT2D eigenvalue weighted by Gasteiger charge is 2.09. The zero-order valence-electron chi connectivity index (χ0n) is 14.8. The van der Waals surface area contributed by atoms with Gasteiger partial charge in [-0.2, -0.15) is 0 Å². The van der Waals surface area contributed by atoms with E-state index in [4.69, 9.17) is 14.2 Å². The lowest BCUT2D eigenvalue weighted by molar-refractivity contribution is -0.138. The molecule has 2 rings (SSSR count). The van der Waals surface area contributed by atoms with Gasteiger partial charge in [-0.3, -0.25) is 4.79 Å². The predicted octanol–water partition coefficient (Wildman–Crippen LogP) is 3.37. The van der Waals surface area contributed by atoms with Crippen molar-refractivity contribution in [1.29, 1.82) is 0 Å². The minimum absolute atomic E-state index is 0.0182. The molecular weight excluding hydrogens is 336 g/mol. The molecule has 0 spiro atoms. The van der Waals surface area contributed by atoms with E-state index in [0.29, 0.717) is 28.2 Å². The molecule has 26 heavy (non-hydrogen) atoms. The number of ketones is 1. The Bertz CT molecular complexity index is 838. The Morgan fingerprint density at radius 2 is 1.77 bits per heavy atom. The maximum atomic E-state index is 11.9. The van der Waals surface area contributed by atoms with E-state index in [1.807, 2.05) is 0 Å². The highest BCUT2D eigenvalue weighted by Crippen LogP contribution is 2.26. The molecule has 6 heteroatoms. The number of hydrogen-bond donors (Lipinski definition) is 1. The summed E-state index contributed by atoms with van der Waals surface area (Å²) in [7, 11) is 2.95. The number of rotatable bonds is 7. The van der Waals surface area contributed by atoms with Gasteiger partial charge in [-0.05, 0) is 48.9 Å². The van der Waals surface area contributed by atoms with Crippen LogP contribution in [0.15, 0.2) is 42.5 Å². The van der Waals surface area contributed by atoms with Crippen LogP contribution in [0.4, 0.5) is 0 Å². The summed E-state index contributed by atoms with van der Waals surface area (Å²) >= 11 is 0. The van der Waals surface area contributed by atoms with Gasteiger partial charge in [0, 0.05) is 17.2 Å². The van der Waals surface area contributed by atoms with Crippen LogP contribution in [0.5, 0.6) is 17.2 Å². The summed E-state index contributed by atoms with van der Waals surface area (Å²) in [6.45, 7) is 1.44. The van der Waals surface area contributed by atoms with Crippen LogP contribution in [0.2, 0.25) is 0 Å². The molecule has 0 saturated heterocycles. The molecule has 0 aromatic heterocycles. The van der Waals surface area contributed by atoms with Crippen LogP contribution in [-0.2, 0) is 16.1 Å². The Labute approximate surface area is 151 Å². The Hall–Kier alpha value is -3.28. The molecule has 6 nitrogen and oxygen atoms in total.